The van der Waals surface area contributed by atoms with Gasteiger partial charge in [0.05, 0.1) is 10.7 Å². The minimum atomic E-state index is -1.13. The maximum absolute atomic E-state index is 12.6. The van der Waals surface area contributed by atoms with Crippen molar-refractivity contribution in [1.29, 1.82) is 0 Å². The van der Waals surface area contributed by atoms with Gasteiger partial charge in [0.1, 0.15) is 12.1 Å². The van der Waals surface area contributed by atoms with Crippen molar-refractivity contribution in [3.05, 3.63) is 29.3 Å². The molecule has 2 atom stereocenters. The smallest absolute Gasteiger partial charge is 0.327 e. The molecule has 0 bridgehead atoms. The Morgan fingerprint density at radius 1 is 1.24 bits per heavy atom. The van der Waals surface area contributed by atoms with Crippen molar-refractivity contribution in [2.45, 2.75) is 52.2 Å². The summed E-state index contributed by atoms with van der Waals surface area (Å²) in [7, 11) is 0. The van der Waals surface area contributed by atoms with E-state index in [1.54, 1.807) is 31.2 Å². The number of para-hydroxylation sites is 1. The fourth-order valence-corrected chi connectivity index (χ4v) is 3.03. The number of imide groups is 1. The van der Waals surface area contributed by atoms with Gasteiger partial charge in [0.15, 0.2) is 6.10 Å². The fraction of sp³-hybridized carbons (Fsp3) is 0.500. The van der Waals surface area contributed by atoms with Gasteiger partial charge in [0.25, 0.3) is 11.8 Å². The first-order valence-electron chi connectivity index (χ1n) is 9.42. The van der Waals surface area contributed by atoms with E-state index in [4.69, 9.17) is 16.3 Å². The summed E-state index contributed by atoms with van der Waals surface area (Å²) in [5.74, 6) is -1.55. The number of anilines is 1. The van der Waals surface area contributed by atoms with E-state index in [1.165, 1.54) is 6.92 Å². The Balaban J connectivity index is 1.92. The maximum atomic E-state index is 12.6. The number of halogens is 1. The van der Waals surface area contributed by atoms with E-state index < -0.39 is 42.0 Å². The second-order valence-electron chi connectivity index (χ2n) is 7.69. The average molecular weight is 424 g/mol. The van der Waals surface area contributed by atoms with Gasteiger partial charge in [-0.25, -0.2) is 4.79 Å². The summed E-state index contributed by atoms with van der Waals surface area (Å²) in [4.78, 5) is 50.0. The van der Waals surface area contributed by atoms with Crippen LogP contribution in [0, 0.1) is 5.92 Å². The number of nitrogens with zero attached hydrogens (tertiary/aromatic N) is 1. The number of urea groups is 1. The summed E-state index contributed by atoms with van der Waals surface area (Å²) in [5, 5.41) is 5.55. The van der Waals surface area contributed by atoms with E-state index in [-0.39, 0.29) is 0 Å². The summed E-state index contributed by atoms with van der Waals surface area (Å²) >= 11 is 5.98. The third-order valence-corrected chi connectivity index (χ3v) is 4.99. The van der Waals surface area contributed by atoms with Gasteiger partial charge in [0.2, 0.25) is 0 Å². The van der Waals surface area contributed by atoms with Crippen LogP contribution in [-0.2, 0) is 19.1 Å². The SMILES string of the molecule is CC(C)CC[C@@]1(C)NC(=O)N(CC(=O)O[C@H](C)C(=O)Nc2ccccc2Cl)C1=O. The molecule has 1 fully saturated rings. The lowest BCUT2D eigenvalue weighted by Gasteiger charge is -2.22. The van der Waals surface area contributed by atoms with Crippen molar-refractivity contribution in [1.82, 2.24) is 10.2 Å². The first-order valence-corrected chi connectivity index (χ1v) is 9.80. The average Bonchev–Trinajstić information content (AvgIpc) is 2.85. The minimum Gasteiger partial charge on any atom is -0.451 e. The van der Waals surface area contributed by atoms with Gasteiger partial charge in [-0.2, -0.15) is 0 Å². The zero-order valence-corrected chi connectivity index (χ0v) is 17.7. The van der Waals surface area contributed by atoms with Crippen LogP contribution in [0.4, 0.5) is 10.5 Å². The second-order valence-corrected chi connectivity index (χ2v) is 8.09. The quantitative estimate of drug-likeness (QED) is 0.494. The highest BCUT2D eigenvalue weighted by molar-refractivity contribution is 6.33. The summed E-state index contributed by atoms with van der Waals surface area (Å²) in [5.41, 5.74) is -0.661. The Labute approximate surface area is 174 Å². The van der Waals surface area contributed by atoms with E-state index >= 15 is 0 Å². The van der Waals surface area contributed by atoms with Gasteiger partial charge >= 0.3 is 12.0 Å². The summed E-state index contributed by atoms with van der Waals surface area (Å²) < 4.78 is 5.08. The van der Waals surface area contributed by atoms with Crippen LogP contribution >= 0.6 is 11.6 Å². The van der Waals surface area contributed by atoms with E-state index in [9.17, 15) is 19.2 Å². The molecule has 158 valence electrons. The molecule has 4 amide bonds. The highest BCUT2D eigenvalue weighted by Crippen LogP contribution is 2.25. The zero-order chi connectivity index (χ0) is 21.8. The molecule has 1 aliphatic rings. The monoisotopic (exact) mass is 423 g/mol. The van der Waals surface area contributed by atoms with Crippen LogP contribution in [0.15, 0.2) is 24.3 Å². The number of rotatable bonds is 8. The minimum absolute atomic E-state index is 0.347. The normalized spacial score (nSPS) is 19.9. The van der Waals surface area contributed by atoms with Crippen molar-refractivity contribution in [3.63, 3.8) is 0 Å². The van der Waals surface area contributed by atoms with Crippen LogP contribution in [0.2, 0.25) is 5.02 Å². The molecule has 9 heteroatoms. The number of carbonyl (C=O) groups excluding carboxylic acids is 4. The molecule has 1 saturated heterocycles. The van der Waals surface area contributed by atoms with Crippen molar-refractivity contribution in [2.24, 2.45) is 5.92 Å². The first kappa shape index (κ1) is 22.7. The van der Waals surface area contributed by atoms with E-state index in [1.807, 2.05) is 13.8 Å². The number of esters is 1. The molecule has 29 heavy (non-hydrogen) atoms. The van der Waals surface area contributed by atoms with E-state index in [0.717, 1.165) is 11.3 Å². The molecule has 0 spiro atoms. The lowest BCUT2D eigenvalue weighted by atomic mass is 9.92. The topological polar surface area (TPSA) is 105 Å². The van der Waals surface area contributed by atoms with Crippen molar-refractivity contribution in [2.75, 3.05) is 11.9 Å². The predicted molar refractivity (Wildman–Crippen MR) is 108 cm³/mol. The first-order chi connectivity index (χ1) is 13.5. The van der Waals surface area contributed by atoms with Crippen molar-refractivity contribution in [3.8, 4) is 0 Å². The summed E-state index contributed by atoms with van der Waals surface area (Å²) in [6, 6.07) is 5.99. The lowest BCUT2D eigenvalue weighted by Crippen LogP contribution is -2.44. The molecule has 8 nitrogen and oxygen atoms in total. The molecule has 2 N–H and O–H groups in total. The standard InChI is InChI=1S/C20H26ClN3O5/c1-12(2)9-10-20(4)18(27)24(19(28)23-20)11-16(25)29-13(3)17(26)22-15-8-6-5-7-14(15)21/h5-8,12-13H,9-11H2,1-4H3,(H,22,26)(H,23,28)/t13-,20-/m1/s1. The second kappa shape index (κ2) is 9.26. The third kappa shape index (κ3) is 5.69. The van der Waals surface area contributed by atoms with Gasteiger partial charge < -0.3 is 15.4 Å². The van der Waals surface area contributed by atoms with Gasteiger partial charge in [-0.1, -0.05) is 37.6 Å². The Hall–Kier alpha value is -2.61. The highest BCUT2D eigenvalue weighted by Gasteiger charge is 2.48. The molecule has 1 heterocycles. The number of hydrogen-bond acceptors (Lipinski definition) is 5. The molecule has 0 radical (unpaired) electrons. The molecule has 0 saturated carbocycles. The maximum Gasteiger partial charge on any atom is 0.327 e. The molecule has 0 aliphatic carbocycles. The predicted octanol–water partition coefficient (Wildman–Crippen LogP) is 2.96. The summed E-state index contributed by atoms with van der Waals surface area (Å²) in [6.07, 6.45) is 0.0872. The molecular weight excluding hydrogens is 398 g/mol. The van der Waals surface area contributed by atoms with Crippen molar-refractivity contribution < 1.29 is 23.9 Å². The molecule has 1 aromatic carbocycles. The number of nitrogens with one attached hydrogen (secondary N) is 2. The molecule has 0 aromatic heterocycles. The summed E-state index contributed by atoms with van der Waals surface area (Å²) in [6.45, 7) is 6.51. The van der Waals surface area contributed by atoms with E-state index in [0.29, 0.717) is 23.0 Å². The molecule has 2 rings (SSSR count). The molecular formula is C20H26ClN3O5. The van der Waals surface area contributed by atoms with E-state index in [2.05, 4.69) is 10.6 Å². The molecule has 1 aromatic rings. The van der Waals surface area contributed by atoms with Crippen LogP contribution in [0.25, 0.3) is 0 Å². The molecule has 0 unspecified atom stereocenters. The van der Waals surface area contributed by atoms with Crippen LogP contribution < -0.4 is 10.6 Å². The van der Waals surface area contributed by atoms with Gasteiger partial charge in [-0.15, -0.1) is 0 Å². The fourth-order valence-electron chi connectivity index (χ4n) is 2.85. The Bertz CT molecular complexity index is 813. The highest BCUT2D eigenvalue weighted by atomic mass is 35.5. The Morgan fingerprint density at radius 3 is 2.52 bits per heavy atom. The number of ether oxygens (including phenoxy) is 1. The third-order valence-electron chi connectivity index (χ3n) is 4.66. The Kier molecular flexibility index (Phi) is 7.24. The van der Waals surface area contributed by atoms with Gasteiger partial charge in [-0.05, 0) is 44.7 Å². The molecule has 1 aliphatic heterocycles. The van der Waals surface area contributed by atoms with Crippen LogP contribution in [-0.4, -0.2) is 46.9 Å². The lowest BCUT2D eigenvalue weighted by molar-refractivity contribution is -0.155. The largest absolute Gasteiger partial charge is 0.451 e. The van der Waals surface area contributed by atoms with Gasteiger partial charge in [0, 0.05) is 0 Å². The van der Waals surface area contributed by atoms with Crippen LogP contribution in [0.1, 0.15) is 40.5 Å². The van der Waals surface area contributed by atoms with Crippen LogP contribution in [0.5, 0.6) is 0 Å². The Morgan fingerprint density at radius 2 is 1.90 bits per heavy atom. The number of hydrogen-bond donors (Lipinski definition) is 2. The van der Waals surface area contributed by atoms with Gasteiger partial charge in [-0.3, -0.25) is 19.3 Å². The number of amides is 4. The number of benzene rings is 1. The van der Waals surface area contributed by atoms with Crippen LogP contribution in [0.3, 0.4) is 0 Å². The van der Waals surface area contributed by atoms with Crippen molar-refractivity contribution >= 4 is 41.1 Å². The zero-order valence-electron chi connectivity index (χ0n) is 17.0. The number of carbonyl (C=O) groups is 4.